The van der Waals surface area contributed by atoms with Gasteiger partial charge in [0.1, 0.15) is 11.9 Å². The van der Waals surface area contributed by atoms with E-state index in [1.165, 1.54) is 0 Å². The molecule has 1 aliphatic carbocycles. The lowest BCUT2D eigenvalue weighted by atomic mass is 9.79. The molecule has 2 unspecified atom stereocenters. The summed E-state index contributed by atoms with van der Waals surface area (Å²) in [4.78, 5) is 0. The Labute approximate surface area is 93.8 Å². The van der Waals surface area contributed by atoms with E-state index in [0.29, 0.717) is 5.46 Å². The van der Waals surface area contributed by atoms with E-state index < -0.39 is 7.12 Å². The van der Waals surface area contributed by atoms with E-state index >= 15 is 0 Å². The Balaban J connectivity index is 2.02. The molecule has 2 aliphatic rings. The number of benzene rings is 1. The molecule has 3 nitrogen and oxygen atoms in total. The minimum absolute atomic E-state index is 0.0473. The van der Waals surface area contributed by atoms with E-state index in [2.05, 4.69) is 6.08 Å². The van der Waals surface area contributed by atoms with Crippen LogP contribution in [0.1, 0.15) is 11.5 Å². The maximum Gasteiger partial charge on any atom is 0.488 e. The minimum atomic E-state index is -1.44. The van der Waals surface area contributed by atoms with Gasteiger partial charge in [-0.3, -0.25) is 0 Å². The lowest BCUT2D eigenvalue weighted by molar-refractivity contribution is 0.269. The Hall–Kier alpha value is -1.52. The average Bonchev–Trinajstić information content (AvgIpc) is 2.66. The van der Waals surface area contributed by atoms with Crippen LogP contribution in [0.25, 0.3) is 0 Å². The Morgan fingerprint density at radius 1 is 1.12 bits per heavy atom. The zero-order valence-corrected chi connectivity index (χ0v) is 8.58. The molecule has 1 aromatic rings. The Morgan fingerprint density at radius 2 is 1.94 bits per heavy atom. The smallest absolute Gasteiger partial charge is 0.485 e. The molecular formula is C12H11BO3. The highest BCUT2D eigenvalue weighted by Gasteiger charge is 2.32. The third kappa shape index (κ3) is 1.38. The molecule has 1 heterocycles. The monoisotopic (exact) mass is 214 g/mol. The van der Waals surface area contributed by atoms with Crippen LogP contribution in [0.3, 0.4) is 0 Å². The number of hydrogen-bond donors (Lipinski definition) is 2. The third-order valence-electron chi connectivity index (χ3n) is 3.04. The average molecular weight is 214 g/mol. The highest BCUT2D eigenvalue weighted by molar-refractivity contribution is 6.58. The fraction of sp³-hybridized carbons (Fsp3) is 0.167. The first-order valence-electron chi connectivity index (χ1n) is 5.27. The van der Waals surface area contributed by atoms with E-state index in [9.17, 15) is 0 Å². The van der Waals surface area contributed by atoms with Crippen molar-refractivity contribution < 1.29 is 14.8 Å². The second-order valence-corrected chi connectivity index (χ2v) is 4.05. The zero-order chi connectivity index (χ0) is 11.1. The summed E-state index contributed by atoms with van der Waals surface area (Å²) < 4.78 is 5.74. The number of allylic oxidation sites excluding steroid dienone is 2. The fourth-order valence-electron chi connectivity index (χ4n) is 2.22. The van der Waals surface area contributed by atoms with Crippen LogP contribution in [0.4, 0.5) is 0 Å². The molecule has 3 rings (SSSR count). The molecule has 0 saturated carbocycles. The summed E-state index contributed by atoms with van der Waals surface area (Å²) in [5, 5.41) is 18.2. The van der Waals surface area contributed by atoms with E-state index in [-0.39, 0.29) is 12.0 Å². The lowest BCUT2D eigenvalue weighted by Gasteiger charge is -2.13. The second kappa shape index (κ2) is 3.51. The van der Waals surface area contributed by atoms with Gasteiger partial charge in [0.2, 0.25) is 0 Å². The summed E-state index contributed by atoms with van der Waals surface area (Å²) in [6, 6.07) is 5.32. The van der Waals surface area contributed by atoms with Crippen LogP contribution in [-0.2, 0) is 0 Å². The normalized spacial score (nSPS) is 24.9. The molecule has 0 radical (unpaired) electrons. The standard InChI is InChI=1S/C12H11BO3/c14-13(15)8-5-6-10-9-3-1-2-4-11(9)16-12(10)7-8/h1-7,9,11,14-15H. The Bertz CT molecular complexity index is 479. The number of fused-ring (bicyclic) bond motifs is 3. The van der Waals surface area contributed by atoms with Crippen molar-refractivity contribution in [2.45, 2.75) is 12.0 Å². The molecule has 0 spiro atoms. The van der Waals surface area contributed by atoms with Gasteiger partial charge in [-0.1, -0.05) is 30.4 Å². The minimum Gasteiger partial charge on any atom is -0.485 e. The SMILES string of the molecule is OB(O)c1ccc2c(c1)OC1C=CC=CC21. The molecule has 0 saturated heterocycles. The van der Waals surface area contributed by atoms with Crippen molar-refractivity contribution in [2.75, 3.05) is 0 Å². The highest BCUT2D eigenvalue weighted by atomic mass is 16.5. The molecule has 16 heavy (non-hydrogen) atoms. The van der Waals surface area contributed by atoms with Crippen LogP contribution in [0.5, 0.6) is 5.75 Å². The summed E-state index contributed by atoms with van der Waals surface area (Å²) >= 11 is 0. The summed E-state index contributed by atoms with van der Waals surface area (Å²) in [5.74, 6) is 1.00. The molecule has 0 fully saturated rings. The van der Waals surface area contributed by atoms with Gasteiger partial charge in [-0.05, 0) is 17.6 Å². The molecule has 1 aromatic carbocycles. The summed E-state index contributed by atoms with van der Waals surface area (Å²) in [5.41, 5.74) is 1.57. The highest BCUT2D eigenvalue weighted by Crippen LogP contribution is 2.40. The molecule has 2 N–H and O–H groups in total. The first kappa shape index (κ1) is 9.69. The van der Waals surface area contributed by atoms with Crippen LogP contribution in [0.15, 0.2) is 42.5 Å². The van der Waals surface area contributed by atoms with Gasteiger partial charge in [-0.25, -0.2) is 0 Å². The van der Waals surface area contributed by atoms with Gasteiger partial charge in [0, 0.05) is 11.5 Å². The van der Waals surface area contributed by atoms with Crippen LogP contribution in [0.2, 0.25) is 0 Å². The third-order valence-corrected chi connectivity index (χ3v) is 3.04. The molecule has 80 valence electrons. The molecule has 0 aromatic heterocycles. The van der Waals surface area contributed by atoms with Crippen LogP contribution >= 0.6 is 0 Å². The van der Waals surface area contributed by atoms with Gasteiger partial charge in [-0.15, -0.1) is 0 Å². The first-order valence-corrected chi connectivity index (χ1v) is 5.27. The molecule has 0 bridgehead atoms. The van der Waals surface area contributed by atoms with Gasteiger partial charge >= 0.3 is 7.12 Å². The predicted octanol–water partition coefficient (Wildman–Crippen LogP) is 0.337. The van der Waals surface area contributed by atoms with Gasteiger partial charge in [0.25, 0.3) is 0 Å². The molecule has 0 amide bonds. The van der Waals surface area contributed by atoms with Crippen molar-refractivity contribution in [3.05, 3.63) is 48.1 Å². The maximum absolute atomic E-state index is 9.09. The van der Waals surface area contributed by atoms with E-state index in [1.807, 2.05) is 24.3 Å². The van der Waals surface area contributed by atoms with Gasteiger partial charge in [0.05, 0.1) is 0 Å². The van der Waals surface area contributed by atoms with Crippen molar-refractivity contribution in [1.29, 1.82) is 0 Å². The fourth-order valence-corrected chi connectivity index (χ4v) is 2.22. The van der Waals surface area contributed by atoms with Crippen LogP contribution in [-0.4, -0.2) is 23.3 Å². The first-order chi connectivity index (χ1) is 7.75. The van der Waals surface area contributed by atoms with E-state index in [1.54, 1.807) is 12.1 Å². The molecule has 2 atom stereocenters. The van der Waals surface area contributed by atoms with Gasteiger partial charge in [-0.2, -0.15) is 0 Å². The summed E-state index contributed by atoms with van der Waals surface area (Å²) in [6.07, 6.45) is 8.14. The maximum atomic E-state index is 9.09. The quantitative estimate of drug-likeness (QED) is 0.662. The topological polar surface area (TPSA) is 49.7 Å². The zero-order valence-electron chi connectivity index (χ0n) is 8.58. The van der Waals surface area contributed by atoms with Crippen LogP contribution < -0.4 is 10.2 Å². The lowest BCUT2D eigenvalue weighted by Crippen LogP contribution is -2.29. The van der Waals surface area contributed by atoms with Crippen molar-refractivity contribution in [1.82, 2.24) is 0 Å². The largest absolute Gasteiger partial charge is 0.488 e. The van der Waals surface area contributed by atoms with E-state index in [4.69, 9.17) is 14.8 Å². The van der Waals surface area contributed by atoms with E-state index in [0.717, 1.165) is 11.3 Å². The Morgan fingerprint density at radius 3 is 2.75 bits per heavy atom. The van der Waals surface area contributed by atoms with Crippen LogP contribution in [0, 0.1) is 0 Å². The Kier molecular flexibility index (Phi) is 2.12. The van der Waals surface area contributed by atoms with Crippen molar-refractivity contribution >= 4 is 12.6 Å². The molecule has 1 aliphatic heterocycles. The van der Waals surface area contributed by atoms with Crippen molar-refractivity contribution in [3.8, 4) is 5.75 Å². The van der Waals surface area contributed by atoms with Crippen molar-refractivity contribution in [3.63, 3.8) is 0 Å². The number of rotatable bonds is 1. The van der Waals surface area contributed by atoms with Crippen molar-refractivity contribution in [2.24, 2.45) is 0 Å². The van der Waals surface area contributed by atoms with Gasteiger partial charge in [0.15, 0.2) is 0 Å². The molecular weight excluding hydrogens is 203 g/mol. The second-order valence-electron chi connectivity index (χ2n) is 4.05. The summed E-state index contributed by atoms with van der Waals surface area (Å²) in [7, 11) is -1.44. The number of ether oxygens (including phenoxy) is 1. The molecule has 4 heteroatoms. The van der Waals surface area contributed by atoms with Gasteiger partial charge < -0.3 is 14.8 Å². The number of hydrogen-bond acceptors (Lipinski definition) is 3. The predicted molar refractivity (Wildman–Crippen MR) is 61.7 cm³/mol. The summed E-state index contributed by atoms with van der Waals surface area (Å²) in [6.45, 7) is 0.